The highest BCUT2D eigenvalue weighted by Crippen LogP contribution is 2.28. The summed E-state index contributed by atoms with van der Waals surface area (Å²) in [5.41, 5.74) is 1.38. The average molecular weight is 561 g/mol. The average Bonchev–Trinajstić information content (AvgIpc) is 3.53. The van der Waals surface area contributed by atoms with Gasteiger partial charge in [-0.3, -0.25) is 19.4 Å². The minimum absolute atomic E-state index is 0.135. The topological polar surface area (TPSA) is 128 Å². The number of nitrogens with zero attached hydrogens (tertiary/aromatic N) is 1. The highest BCUT2D eigenvalue weighted by Gasteiger charge is 2.17. The summed E-state index contributed by atoms with van der Waals surface area (Å²) in [5, 5.41) is 10.3. The Bertz CT molecular complexity index is 1460. The fourth-order valence-corrected chi connectivity index (χ4v) is 4.26. The zero-order valence-corrected chi connectivity index (χ0v) is 22.7. The van der Waals surface area contributed by atoms with Gasteiger partial charge in [-0.05, 0) is 60.3 Å². The first-order chi connectivity index (χ1) is 19.5. The fourth-order valence-electron chi connectivity index (χ4n) is 3.62. The molecule has 0 atom stereocenters. The first kappa shape index (κ1) is 28.1. The van der Waals surface area contributed by atoms with E-state index in [-0.39, 0.29) is 24.0 Å². The van der Waals surface area contributed by atoms with Crippen molar-refractivity contribution in [3.8, 4) is 17.2 Å². The largest absolute Gasteiger partial charge is 0.497 e. The van der Waals surface area contributed by atoms with Gasteiger partial charge in [-0.15, -0.1) is 11.3 Å². The molecule has 3 amide bonds. The Hall–Kier alpha value is -4.90. The Labute approximate surface area is 235 Å². The molecule has 10 nitrogen and oxygen atoms in total. The van der Waals surface area contributed by atoms with E-state index >= 15 is 0 Å². The highest BCUT2D eigenvalue weighted by molar-refractivity contribution is 7.12. The molecule has 206 valence electrons. The Morgan fingerprint density at radius 2 is 1.60 bits per heavy atom. The number of nitrogens with one attached hydrogen (secondary N) is 3. The number of anilines is 2. The monoisotopic (exact) mass is 560 g/mol. The van der Waals surface area contributed by atoms with Crippen molar-refractivity contribution in [2.75, 3.05) is 38.0 Å². The van der Waals surface area contributed by atoms with Crippen LogP contribution in [0.2, 0.25) is 0 Å². The summed E-state index contributed by atoms with van der Waals surface area (Å²) in [4.78, 5) is 42.9. The van der Waals surface area contributed by atoms with Crippen LogP contribution in [0.25, 0.3) is 0 Å². The Morgan fingerprint density at radius 3 is 2.33 bits per heavy atom. The predicted octanol–water partition coefficient (Wildman–Crippen LogP) is 4.86. The van der Waals surface area contributed by atoms with Gasteiger partial charge in [0.25, 0.3) is 17.7 Å². The number of benzene rings is 2. The van der Waals surface area contributed by atoms with E-state index in [1.807, 2.05) is 11.4 Å². The lowest BCUT2D eigenvalue weighted by molar-refractivity contribution is 0.0954. The number of amides is 3. The second kappa shape index (κ2) is 13.8. The number of pyridine rings is 1. The van der Waals surface area contributed by atoms with Crippen LogP contribution in [0.5, 0.6) is 17.2 Å². The van der Waals surface area contributed by atoms with Gasteiger partial charge in [0, 0.05) is 24.4 Å². The van der Waals surface area contributed by atoms with Crippen LogP contribution in [0.1, 0.15) is 36.8 Å². The van der Waals surface area contributed by atoms with E-state index in [1.165, 1.54) is 30.8 Å². The number of thiophene rings is 1. The molecule has 0 radical (unpaired) electrons. The third kappa shape index (κ3) is 7.35. The second-order valence-corrected chi connectivity index (χ2v) is 9.30. The summed E-state index contributed by atoms with van der Waals surface area (Å²) < 4.78 is 16.3. The number of carbonyl (C=O) groups excluding carboxylic acids is 3. The zero-order valence-electron chi connectivity index (χ0n) is 21.9. The summed E-state index contributed by atoms with van der Waals surface area (Å²) in [6.45, 7) is 0.674. The highest BCUT2D eigenvalue weighted by atomic mass is 32.1. The molecular weight excluding hydrogens is 532 g/mol. The van der Waals surface area contributed by atoms with Crippen molar-refractivity contribution in [2.24, 2.45) is 0 Å². The van der Waals surface area contributed by atoms with E-state index in [2.05, 4.69) is 20.9 Å². The van der Waals surface area contributed by atoms with Gasteiger partial charge >= 0.3 is 0 Å². The van der Waals surface area contributed by atoms with E-state index in [0.29, 0.717) is 52.0 Å². The molecule has 0 saturated carbocycles. The molecule has 0 aliphatic heterocycles. The Kier molecular flexibility index (Phi) is 9.67. The van der Waals surface area contributed by atoms with Gasteiger partial charge in [-0.1, -0.05) is 6.07 Å². The van der Waals surface area contributed by atoms with E-state index < -0.39 is 5.91 Å². The van der Waals surface area contributed by atoms with Crippen molar-refractivity contribution in [1.82, 2.24) is 10.3 Å². The number of aromatic nitrogens is 1. The maximum atomic E-state index is 13.3. The molecule has 2 aromatic carbocycles. The van der Waals surface area contributed by atoms with Crippen LogP contribution in [-0.2, 0) is 0 Å². The standard InChI is InChI=1S/C29H28N4O6S/c1-37-20-8-6-19(7-9-20)27(34)33-24-18-30-14-12-23(24)32-28(35)22-11-10-21(38-2)17-25(22)39-15-4-13-31-29(36)26-5-3-16-40-26/h3,5-12,14,16-18H,4,13,15H2,1-2H3,(H,31,36)(H,33,34)(H,30,32,35). The van der Waals surface area contributed by atoms with Crippen LogP contribution in [0, 0.1) is 0 Å². The first-order valence-corrected chi connectivity index (χ1v) is 13.2. The second-order valence-electron chi connectivity index (χ2n) is 8.36. The molecule has 0 spiro atoms. The van der Waals surface area contributed by atoms with E-state index in [0.717, 1.165) is 0 Å². The minimum atomic E-state index is -0.449. The summed E-state index contributed by atoms with van der Waals surface area (Å²) in [6.07, 6.45) is 3.49. The molecule has 0 bridgehead atoms. The number of hydrogen-bond acceptors (Lipinski definition) is 8. The molecular formula is C29H28N4O6S. The van der Waals surface area contributed by atoms with E-state index in [1.54, 1.807) is 61.7 Å². The molecule has 4 rings (SSSR count). The Morgan fingerprint density at radius 1 is 0.850 bits per heavy atom. The van der Waals surface area contributed by atoms with E-state index in [4.69, 9.17) is 14.2 Å². The van der Waals surface area contributed by atoms with Crippen LogP contribution in [0.4, 0.5) is 11.4 Å². The lowest BCUT2D eigenvalue weighted by Gasteiger charge is -2.15. The van der Waals surface area contributed by atoms with Crippen LogP contribution in [-0.4, -0.2) is 50.1 Å². The molecule has 0 aliphatic rings. The lowest BCUT2D eigenvalue weighted by atomic mass is 10.1. The zero-order chi connectivity index (χ0) is 28.3. The van der Waals surface area contributed by atoms with Crippen molar-refractivity contribution in [1.29, 1.82) is 0 Å². The molecule has 2 aromatic heterocycles. The smallest absolute Gasteiger partial charge is 0.261 e. The normalized spacial score (nSPS) is 10.3. The molecule has 4 aromatic rings. The van der Waals surface area contributed by atoms with Crippen LogP contribution < -0.4 is 30.2 Å². The van der Waals surface area contributed by atoms with Gasteiger partial charge in [0.05, 0.1) is 48.8 Å². The summed E-state index contributed by atoms with van der Waals surface area (Å²) in [6, 6.07) is 16.7. The third-order valence-corrected chi connectivity index (χ3v) is 6.58. The number of carbonyl (C=O) groups is 3. The van der Waals surface area contributed by atoms with Crippen molar-refractivity contribution in [3.63, 3.8) is 0 Å². The molecule has 0 unspecified atom stereocenters. The van der Waals surface area contributed by atoms with Gasteiger partial charge < -0.3 is 30.2 Å². The van der Waals surface area contributed by atoms with E-state index in [9.17, 15) is 14.4 Å². The van der Waals surface area contributed by atoms with Crippen molar-refractivity contribution in [2.45, 2.75) is 6.42 Å². The van der Waals surface area contributed by atoms with Crippen molar-refractivity contribution in [3.05, 3.63) is 94.4 Å². The van der Waals surface area contributed by atoms with Crippen LogP contribution in [0.3, 0.4) is 0 Å². The number of hydrogen-bond donors (Lipinski definition) is 3. The van der Waals surface area contributed by atoms with Gasteiger partial charge in [0.15, 0.2) is 0 Å². The quantitative estimate of drug-likeness (QED) is 0.211. The van der Waals surface area contributed by atoms with Gasteiger partial charge in [0.2, 0.25) is 0 Å². The SMILES string of the molecule is COc1ccc(C(=O)Nc2cnccc2NC(=O)c2ccc(OC)cc2OCCCNC(=O)c2cccs2)cc1. The number of rotatable bonds is 12. The fraction of sp³-hybridized carbons (Fsp3) is 0.172. The third-order valence-electron chi connectivity index (χ3n) is 5.71. The first-order valence-electron chi connectivity index (χ1n) is 12.3. The van der Waals surface area contributed by atoms with Gasteiger partial charge in [-0.25, -0.2) is 0 Å². The number of ether oxygens (including phenoxy) is 3. The predicted molar refractivity (Wildman–Crippen MR) is 153 cm³/mol. The molecule has 2 heterocycles. The molecule has 11 heteroatoms. The molecule has 0 aliphatic carbocycles. The molecule has 0 saturated heterocycles. The maximum absolute atomic E-state index is 13.3. The summed E-state index contributed by atoms with van der Waals surface area (Å²) in [5.74, 6) is 0.518. The van der Waals surface area contributed by atoms with Gasteiger partial charge in [-0.2, -0.15) is 0 Å². The van der Waals surface area contributed by atoms with Crippen LogP contribution >= 0.6 is 11.3 Å². The lowest BCUT2D eigenvalue weighted by Crippen LogP contribution is -2.24. The minimum Gasteiger partial charge on any atom is -0.497 e. The molecule has 40 heavy (non-hydrogen) atoms. The molecule has 3 N–H and O–H groups in total. The van der Waals surface area contributed by atoms with Crippen molar-refractivity contribution >= 4 is 40.4 Å². The number of methoxy groups -OCH3 is 2. The summed E-state index contributed by atoms with van der Waals surface area (Å²) in [7, 11) is 3.07. The Balaban J connectivity index is 1.40. The molecule has 0 fully saturated rings. The summed E-state index contributed by atoms with van der Waals surface area (Å²) >= 11 is 1.37. The van der Waals surface area contributed by atoms with Crippen LogP contribution in [0.15, 0.2) is 78.4 Å². The maximum Gasteiger partial charge on any atom is 0.261 e. The van der Waals surface area contributed by atoms with Gasteiger partial charge in [0.1, 0.15) is 17.2 Å². The van der Waals surface area contributed by atoms with Crippen molar-refractivity contribution < 1.29 is 28.6 Å².